The van der Waals surface area contributed by atoms with Gasteiger partial charge in [0.2, 0.25) is 11.8 Å². The first-order chi connectivity index (χ1) is 19.6. The van der Waals surface area contributed by atoms with Crippen LogP contribution in [0, 0.1) is 29.6 Å². The fraction of sp³-hybridized carbons (Fsp3) is 0.290. The quantitative estimate of drug-likeness (QED) is 0.305. The Bertz CT molecular complexity index is 1650. The molecule has 1 amide bonds. The van der Waals surface area contributed by atoms with Gasteiger partial charge in [-0.3, -0.25) is 4.79 Å². The Morgan fingerprint density at radius 2 is 1.95 bits per heavy atom. The first kappa shape index (κ1) is 24.4. The van der Waals surface area contributed by atoms with Crippen LogP contribution in [0.5, 0.6) is 11.6 Å². The summed E-state index contributed by atoms with van der Waals surface area (Å²) in [6.07, 6.45) is 5.46. The van der Waals surface area contributed by atoms with Crippen molar-refractivity contribution in [1.82, 2.24) is 24.4 Å². The molecule has 0 bridgehead atoms. The number of piperidine rings is 1. The molecule has 3 aromatic heterocycles. The second-order valence-corrected chi connectivity index (χ2v) is 10.4. The number of hydrogen-bond acceptors (Lipinski definition) is 7. The van der Waals surface area contributed by atoms with Crippen LogP contribution in [0.3, 0.4) is 0 Å². The molecule has 1 saturated carbocycles. The van der Waals surface area contributed by atoms with Gasteiger partial charge in [0.1, 0.15) is 29.2 Å². The third kappa shape index (κ3) is 4.17. The molecule has 9 heteroatoms. The van der Waals surface area contributed by atoms with E-state index >= 15 is 0 Å². The zero-order valence-corrected chi connectivity index (χ0v) is 21.9. The first-order valence-corrected chi connectivity index (χ1v) is 13.5. The molecule has 0 radical (unpaired) electrons. The van der Waals surface area contributed by atoms with Gasteiger partial charge in [-0.25, -0.2) is 15.0 Å². The number of carbonyl (C=O) groups is 1. The topological polar surface area (TPSA) is 108 Å². The van der Waals surface area contributed by atoms with E-state index in [0.29, 0.717) is 42.5 Å². The third-order valence-electron chi connectivity index (χ3n) is 8.12. The molecular formula is C31H28N6O3. The number of likely N-dealkylation sites (tertiary alicyclic amines) is 1. The van der Waals surface area contributed by atoms with Crippen LogP contribution in [0.4, 0.5) is 5.82 Å². The van der Waals surface area contributed by atoms with E-state index in [0.717, 1.165) is 47.4 Å². The molecule has 7 rings (SSSR count). The summed E-state index contributed by atoms with van der Waals surface area (Å²) >= 11 is 0. The van der Waals surface area contributed by atoms with Gasteiger partial charge in [0.15, 0.2) is 0 Å². The van der Waals surface area contributed by atoms with Crippen molar-refractivity contribution in [1.29, 1.82) is 0 Å². The molecule has 0 spiro atoms. The van der Waals surface area contributed by atoms with E-state index in [1.807, 2.05) is 47.4 Å². The average molecular weight is 533 g/mol. The lowest BCUT2D eigenvalue weighted by atomic mass is 10.0. The van der Waals surface area contributed by atoms with E-state index in [2.05, 4.69) is 37.9 Å². The second-order valence-electron chi connectivity index (χ2n) is 10.4. The van der Waals surface area contributed by atoms with Gasteiger partial charge in [0.05, 0.1) is 18.0 Å². The minimum absolute atomic E-state index is 0.00734. The van der Waals surface area contributed by atoms with Gasteiger partial charge in [0, 0.05) is 43.4 Å². The lowest BCUT2D eigenvalue weighted by Crippen LogP contribution is -2.29. The number of aromatic nitrogens is 4. The molecule has 4 atom stereocenters. The summed E-state index contributed by atoms with van der Waals surface area (Å²) in [6, 6.07) is 13.5. The molecule has 1 unspecified atom stereocenters. The van der Waals surface area contributed by atoms with Crippen molar-refractivity contribution >= 4 is 22.8 Å². The molecule has 5 heterocycles. The molecule has 2 saturated heterocycles. The molecule has 4 aromatic rings. The Morgan fingerprint density at radius 3 is 2.65 bits per heavy atom. The van der Waals surface area contributed by atoms with E-state index in [1.54, 1.807) is 6.20 Å². The molecule has 3 fully saturated rings. The summed E-state index contributed by atoms with van der Waals surface area (Å²) < 4.78 is 13.9. The Morgan fingerprint density at radius 1 is 1.12 bits per heavy atom. The highest BCUT2D eigenvalue weighted by Gasteiger charge is 2.55. The first-order valence-electron chi connectivity index (χ1n) is 13.5. The Kier molecular flexibility index (Phi) is 5.98. The number of nitrogens with two attached hydrogens (primary N) is 1. The molecular weight excluding hydrogens is 504 g/mol. The van der Waals surface area contributed by atoms with Crippen LogP contribution in [-0.2, 0) is 9.53 Å². The van der Waals surface area contributed by atoms with Gasteiger partial charge < -0.3 is 24.7 Å². The van der Waals surface area contributed by atoms with Crippen LogP contribution in [0.25, 0.3) is 22.2 Å². The fourth-order valence-corrected chi connectivity index (χ4v) is 6.06. The van der Waals surface area contributed by atoms with Crippen molar-refractivity contribution in [3.63, 3.8) is 0 Å². The Labute approximate surface area is 231 Å². The van der Waals surface area contributed by atoms with Crippen molar-refractivity contribution in [2.24, 2.45) is 17.8 Å². The number of amides is 1. The predicted molar refractivity (Wildman–Crippen MR) is 150 cm³/mol. The lowest BCUT2D eigenvalue weighted by molar-refractivity contribution is -0.125. The maximum Gasteiger partial charge on any atom is 0.245 e. The van der Waals surface area contributed by atoms with Gasteiger partial charge in [-0.05, 0) is 54.0 Å². The SMILES string of the molecule is C=CC(=O)N1C[C@@H]2[C@@H](C#Cc3c(-c4ccc(Oc5ccccn5)cc4)c4c(N)ncnc4n3C3CCOC3)[C@@H]2C1. The highest BCUT2D eigenvalue weighted by atomic mass is 16.5. The molecule has 3 aliphatic rings. The maximum absolute atomic E-state index is 12.0. The maximum atomic E-state index is 12.0. The van der Waals surface area contributed by atoms with Gasteiger partial charge >= 0.3 is 0 Å². The Balaban J connectivity index is 1.29. The number of fused-ring (bicyclic) bond motifs is 2. The number of pyridine rings is 1. The monoisotopic (exact) mass is 532 g/mol. The van der Waals surface area contributed by atoms with Crippen LogP contribution < -0.4 is 10.5 Å². The number of hydrogen-bond donors (Lipinski definition) is 1. The highest BCUT2D eigenvalue weighted by Crippen LogP contribution is 2.51. The number of rotatable bonds is 5. The summed E-state index contributed by atoms with van der Waals surface area (Å²) in [5.41, 5.74) is 9.96. The van der Waals surface area contributed by atoms with Crippen molar-refractivity contribution in [2.75, 3.05) is 32.0 Å². The largest absolute Gasteiger partial charge is 0.439 e. The van der Waals surface area contributed by atoms with E-state index in [1.165, 1.54) is 12.4 Å². The van der Waals surface area contributed by atoms with Crippen molar-refractivity contribution < 1.29 is 14.3 Å². The van der Waals surface area contributed by atoms with E-state index in [-0.39, 0.29) is 17.9 Å². The second kappa shape index (κ2) is 9.81. The van der Waals surface area contributed by atoms with E-state index in [9.17, 15) is 4.79 Å². The summed E-state index contributed by atoms with van der Waals surface area (Å²) in [6.45, 7) is 6.36. The summed E-state index contributed by atoms with van der Waals surface area (Å²) in [4.78, 5) is 27.1. The van der Waals surface area contributed by atoms with E-state index < -0.39 is 0 Å². The average Bonchev–Trinajstić information content (AvgIpc) is 3.44. The minimum atomic E-state index is -0.00734. The zero-order valence-electron chi connectivity index (χ0n) is 21.9. The number of benzene rings is 1. The number of anilines is 1. The van der Waals surface area contributed by atoms with Crippen molar-refractivity contribution in [3.8, 4) is 34.6 Å². The molecule has 1 aliphatic carbocycles. The standard InChI is InChI=1S/C31H28N6O3/c1-2-27(38)36-15-23-22(24(23)16-36)10-11-25-28(19-6-8-21(9-7-19)40-26-5-3-4-13-33-26)29-30(32)34-18-35-31(29)37(25)20-12-14-39-17-20/h2-9,13,18,20,22-24H,1,12,14-17H2,(H2,32,34,35)/t20?,22-,23-,24+. The van der Waals surface area contributed by atoms with Gasteiger partial charge in [-0.2, -0.15) is 0 Å². The zero-order chi connectivity index (χ0) is 27.2. The summed E-state index contributed by atoms with van der Waals surface area (Å²) in [5.74, 6) is 9.77. The number of ether oxygens (including phenoxy) is 2. The fourth-order valence-electron chi connectivity index (χ4n) is 6.06. The third-order valence-corrected chi connectivity index (χ3v) is 8.12. The molecule has 2 aliphatic heterocycles. The molecule has 200 valence electrons. The molecule has 40 heavy (non-hydrogen) atoms. The van der Waals surface area contributed by atoms with Crippen molar-refractivity contribution in [2.45, 2.75) is 12.5 Å². The lowest BCUT2D eigenvalue weighted by Gasteiger charge is -2.16. The Hall–Kier alpha value is -4.68. The van der Waals surface area contributed by atoms with Crippen LogP contribution in [-0.4, -0.2) is 56.6 Å². The smallest absolute Gasteiger partial charge is 0.245 e. The number of nitrogens with zero attached hydrogens (tertiary/aromatic N) is 5. The minimum Gasteiger partial charge on any atom is -0.439 e. The summed E-state index contributed by atoms with van der Waals surface area (Å²) in [5, 5.41) is 0.788. The number of carbonyl (C=O) groups excluding carboxylic acids is 1. The summed E-state index contributed by atoms with van der Waals surface area (Å²) in [7, 11) is 0. The number of nitrogen functional groups attached to an aromatic ring is 1. The predicted octanol–water partition coefficient (Wildman–Crippen LogP) is 4.07. The van der Waals surface area contributed by atoms with Crippen LogP contribution in [0.1, 0.15) is 18.2 Å². The van der Waals surface area contributed by atoms with Gasteiger partial charge in [-0.1, -0.05) is 30.7 Å². The van der Waals surface area contributed by atoms with Crippen molar-refractivity contribution in [3.05, 3.63) is 73.3 Å². The normalized spacial score (nSPS) is 22.9. The molecule has 9 nitrogen and oxygen atoms in total. The van der Waals surface area contributed by atoms with Gasteiger partial charge in [-0.15, -0.1) is 0 Å². The molecule has 2 N–H and O–H groups in total. The van der Waals surface area contributed by atoms with Crippen LogP contribution in [0.15, 0.2) is 67.6 Å². The van der Waals surface area contributed by atoms with Crippen LogP contribution >= 0.6 is 0 Å². The van der Waals surface area contributed by atoms with E-state index in [4.69, 9.17) is 15.2 Å². The molecule has 1 aromatic carbocycles. The van der Waals surface area contributed by atoms with Gasteiger partial charge in [0.25, 0.3) is 0 Å². The highest BCUT2D eigenvalue weighted by molar-refractivity contribution is 6.03. The van der Waals surface area contributed by atoms with Crippen LogP contribution in [0.2, 0.25) is 0 Å².